The second kappa shape index (κ2) is 5.93. The van der Waals surface area contributed by atoms with Crippen LogP contribution in [0.3, 0.4) is 0 Å². The summed E-state index contributed by atoms with van der Waals surface area (Å²) in [5.74, 6) is 0.0113. The average molecular weight is 334 g/mol. The number of nitrogens with one attached hydrogen (secondary N) is 1. The molecule has 1 atom stereocenters. The van der Waals surface area contributed by atoms with Crippen molar-refractivity contribution < 1.29 is 4.79 Å². The van der Waals surface area contributed by atoms with Crippen molar-refractivity contribution in [1.29, 1.82) is 0 Å². The Labute approximate surface area is 134 Å². The van der Waals surface area contributed by atoms with Crippen LogP contribution in [0.15, 0.2) is 29.4 Å². The molecule has 0 saturated heterocycles. The number of hydrogen-bond donors (Lipinski definition) is 2. The highest BCUT2D eigenvalue weighted by Gasteiger charge is 2.22. The number of para-hydroxylation sites is 1. The highest BCUT2D eigenvalue weighted by molar-refractivity contribution is 7.98. The second-order valence-electron chi connectivity index (χ2n) is 4.57. The van der Waals surface area contributed by atoms with E-state index in [0.717, 1.165) is 10.2 Å². The zero-order valence-corrected chi connectivity index (χ0v) is 13.6. The molecule has 1 amide bonds. The predicted molar refractivity (Wildman–Crippen MR) is 89.2 cm³/mol. The van der Waals surface area contributed by atoms with Crippen LogP contribution in [0.4, 0.5) is 11.1 Å². The van der Waals surface area contributed by atoms with Crippen molar-refractivity contribution in [1.82, 2.24) is 19.7 Å². The number of anilines is 2. The van der Waals surface area contributed by atoms with Gasteiger partial charge in [-0.1, -0.05) is 35.2 Å². The molecule has 2 heterocycles. The van der Waals surface area contributed by atoms with Crippen LogP contribution in [0.25, 0.3) is 10.2 Å². The molecule has 0 fully saturated rings. The molecule has 22 heavy (non-hydrogen) atoms. The molecule has 0 aliphatic carbocycles. The Morgan fingerprint density at radius 2 is 2.18 bits per heavy atom. The molecular weight excluding hydrogens is 320 g/mol. The molecule has 0 spiro atoms. The number of carbonyl (C=O) groups excluding carboxylic acids is 1. The van der Waals surface area contributed by atoms with E-state index in [4.69, 9.17) is 5.73 Å². The van der Waals surface area contributed by atoms with Gasteiger partial charge in [0, 0.05) is 0 Å². The molecule has 0 aliphatic heterocycles. The Morgan fingerprint density at radius 1 is 1.41 bits per heavy atom. The van der Waals surface area contributed by atoms with Gasteiger partial charge in [0.05, 0.1) is 10.2 Å². The van der Waals surface area contributed by atoms with E-state index in [-0.39, 0.29) is 11.9 Å². The van der Waals surface area contributed by atoms with Gasteiger partial charge >= 0.3 is 0 Å². The highest BCUT2D eigenvalue weighted by atomic mass is 32.2. The van der Waals surface area contributed by atoms with Crippen molar-refractivity contribution in [2.75, 3.05) is 17.3 Å². The minimum atomic E-state index is -0.524. The lowest BCUT2D eigenvalue weighted by Gasteiger charge is -2.14. The van der Waals surface area contributed by atoms with Crippen LogP contribution in [-0.4, -0.2) is 31.9 Å². The van der Waals surface area contributed by atoms with Crippen molar-refractivity contribution >= 4 is 50.3 Å². The van der Waals surface area contributed by atoms with Crippen LogP contribution in [0, 0.1) is 0 Å². The fraction of sp³-hybridized carbons (Fsp3) is 0.231. The summed E-state index contributed by atoms with van der Waals surface area (Å²) in [7, 11) is 0. The summed E-state index contributed by atoms with van der Waals surface area (Å²) in [6, 6.07) is 7.21. The number of amides is 1. The Kier molecular flexibility index (Phi) is 3.99. The van der Waals surface area contributed by atoms with E-state index in [1.165, 1.54) is 23.1 Å². The number of carbonyl (C=O) groups is 1. The van der Waals surface area contributed by atoms with Crippen molar-refractivity contribution in [2.45, 2.75) is 18.1 Å². The maximum absolute atomic E-state index is 12.4. The average Bonchev–Trinajstić information content (AvgIpc) is 3.08. The van der Waals surface area contributed by atoms with Gasteiger partial charge in [-0.05, 0) is 25.3 Å². The first-order valence-electron chi connectivity index (χ1n) is 6.51. The van der Waals surface area contributed by atoms with Gasteiger partial charge in [0.2, 0.25) is 11.9 Å². The van der Waals surface area contributed by atoms with Crippen LogP contribution in [0.2, 0.25) is 0 Å². The number of hydrogen-bond acceptors (Lipinski definition) is 7. The molecule has 1 aromatic carbocycles. The first-order valence-corrected chi connectivity index (χ1v) is 8.55. The lowest BCUT2D eigenvalue weighted by atomic mass is 10.3. The first kappa shape index (κ1) is 14.8. The van der Waals surface area contributed by atoms with Crippen LogP contribution < -0.4 is 11.1 Å². The molecule has 3 N–H and O–H groups in total. The molecule has 114 valence electrons. The molecule has 0 bridgehead atoms. The highest BCUT2D eigenvalue weighted by Crippen LogP contribution is 2.27. The van der Waals surface area contributed by atoms with Crippen molar-refractivity contribution in [2.24, 2.45) is 0 Å². The van der Waals surface area contributed by atoms with Crippen LogP contribution in [-0.2, 0) is 4.79 Å². The summed E-state index contributed by atoms with van der Waals surface area (Å²) in [6.45, 7) is 1.75. The predicted octanol–water partition coefficient (Wildman–Crippen LogP) is 2.39. The van der Waals surface area contributed by atoms with Crippen molar-refractivity contribution in [3.63, 3.8) is 0 Å². The van der Waals surface area contributed by atoms with E-state index < -0.39 is 6.04 Å². The number of nitrogen functional groups attached to an aromatic ring is 1. The van der Waals surface area contributed by atoms with Gasteiger partial charge in [-0.25, -0.2) is 4.98 Å². The Bertz CT molecular complexity index is 794. The van der Waals surface area contributed by atoms with Crippen molar-refractivity contribution in [3.8, 4) is 0 Å². The van der Waals surface area contributed by atoms with Gasteiger partial charge in [0.25, 0.3) is 0 Å². The summed E-state index contributed by atoms with van der Waals surface area (Å²) in [4.78, 5) is 16.8. The first-order chi connectivity index (χ1) is 10.6. The Balaban J connectivity index is 1.82. The number of fused-ring (bicyclic) bond motifs is 1. The largest absolute Gasteiger partial charge is 0.368 e. The third kappa shape index (κ3) is 2.64. The zero-order chi connectivity index (χ0) is 15.7. The van der Waals surface area contributed by atoms with E-state index in [0.29, 0.717) is 10.3 Å². The smallest absolute Gasteiger partial charge is 0.249 e. The van der Waals surface area contributed by atoms with Gasteiger partial charge in [0.15, 0.2) is 10.3 Å². The maximum atomic E-state index is 12.4. The SMILES string of the molecule is CSc1nnc(N)n1C(C)C(=O)Nc1nc2ccccc2s1. The second-order valence-corrected chi connectivity index (χ2v) is 6.37. The van der Waals surface area contributed by atoms with Crippen LogP contribution >= 0.6 is 23.1 Å². The monoisotopic (exact) mass is 334 g/mol. The zero-order valence-electron chi connectivity index (χ0n) is 12.0. The van der Waals surface area contributed by atoms with E-state index in [2.05, 4.69) is 20.5 Å². The molecule has 3 aromatic rings. The lowest BCUT2D eigenvalue weighted by Crippen LogP contribution is -2.25. The number of rotatable bonds is 4. The van der Waals surface area contributed by atoms with E-state index >= 15 is 0 Å². The number of thiazole rings is 1. The molecular formula is C13H14N6OS2. The molecule has 0 saturated carbocycles. The van der Waals surface area contributed by atoms with Gasteiger partial charge < -0.3 is 11.1 Å². The van der Waals surface area contributed by atoms with Gasteiger partial charge in [-0.2, -0.15) is 0 Å². The molecule has 0 aliphatic rings. The summed E-state index contributed by atoms with van der Waals surface area (Å²) in [6.07, 6.45) is 1.86. The number of thioether (sulfide) groups is 1. The summed E-state index contributed by atoms with van der Waals surface area (Å²) >= 11 is 2.82. The molecule has 1 unspecified atom stereocenters. The summed E-state index contributed by atoms with van der Waals surface area (Å²) < 4.78 is 2.63. The maximum Gasteiger partial charge on any atom is 0.249 e. The van der Waals surface area contributed by atoms with E-state index in [9.17, 15) is 4.79 Å². The molecule has 3 rings (SSSR count). The standard InChI is InChI=1S/C13H14N6OS2/c1-7(19-11(14)17-18-13(19)21-2)10(20)16-12-15-8-5-3-4-6-9(8)22-12/h3-7H,1-2H3,(H2,14,17)(H,15,16,20). The fourth-order valence-corrected chi connectivity index (χ4v) is 3.48. The molecule has 9 heteroatoms. The van der Waals surface area contributed by atoms with Crippen LogP contribution in [0.5, 0.6) is 0 Å². The molecule has 2 aromatic heterocycles. The minimum Gasteiger partial charge on any atom is -0.368 e. The van der Waals surface area contributed by atoms with Gasteiger partial charge in [-0.15, -0.1) is 10.2 Å². The Hall–Kier alpha value is -2.13. The molecule has 0 radical (unpaired) electrons. The van der Waals surface area contributed by atoms with Crippen LogP contribution in [0.1, 0.15) is 13.0 Å². The van der Waals surface area contributed by atoms with Gasteiger partial charge in [0.1, 0.15) is 6.04 Å². The van der Waals surface area contributed by atoms with E-state index in [1.807, 2.05) is 30.5 Å². The third-order valence-electron chi connectivity index (χ3n) is 3.16. The molecule has 7 nitrogen and oxygen atoms in total. The minimum absolute atomic E-state index is 0.208. The summed E-state index contributed by atoms with van der Waals surface area (Å²) in [5.41, 5.74) is 6.66. The van der Waals surface area contributed by atoms with E-state index in [1.54, 1.807) is 11.5 Å². The van der Waals surface area contributed by atoms with Crippen molar-refractivity contribution in [3.05, 3.63) is 24.3 Å². The number of benzene rings is 1. The lowest BCUT2D eigenvalue weighted by molar-refractivity contribution is -0.118. The number of aromatic nitrogens is 4. The fourth-order valence-electron chi connectivity index (χ4n) is 2.04. The Morgan fingerprint density at radius 3 is 2.91 bits per heavy atom. The summed E-state index contributed by atoms with van der Waals surface area (Å²) in [5, 5.41) is 11.7. The normalized spacial score (nSPS) is 12.5. The number of nitrogens with zero attached hydrogens (tertiary/aromatic N) is 4. The third-order valence-corrected chi connectivity index (χ3v) is 4.76. The van der Waals surface area contributed by atoms with Gasteiger partial charge in [-0.3, -0.25) is 9.36 Å². The topological polar surface area (TPSA) is 98.7 Å². The number of nitrogens with two attached hydrogens (primary N) is 1. The quantitative estimate of drug-likeness (QED) is 0.711.